The first-order valence-electron chi connectivity index (χ1n) is 7.05. The number of pyridine rings is 1. The molecule has 106 valence electrons. The van der Waals surface area contributed by atoms with Crippen molar-refractivity contribution in [3.05, 3.63) is 59.6 Å². The van der Waals surface area contributed by atoms with Gasteiger partial charge in [-0.25, -0.2) is 4.98 Å². The van der Waals surface area contributed by atoms with E-state index < -0.39 is 0 Å². The highest BCUT2D eigenvalue weighted by molar-refractivity contribution is 7.15. The van der Waals surface area contributed by atoms with E-state index in [2.05, 4.69) is 29.4 Å². The summed E-state index contributed by atoms with van der Waals surface area (Å²) >= 11 is 1.71. The summed E-state index contributed by atoms with van der Waals surface area (Å²) in [5.74, 6) is 0. The van der Waals surface area contributed by atoms with Crippen LogP contribution < -0.4 is 5.32 Å². The van der Waals surface area contributed by atoms with Gasteiger partial charge in [-0.1, -0.05) is 43.3 Å². The molecule has 21 heavy (non-hydrogen) atoms. The fourth-order valence-electron chi connectivity index (χ4n) is 2.13. The van der Waals surface area contributed by atoms with E-state index in [0.29, 0.717) is 0 Å². The van der Waals surface area contributed by atoms with Crippen LogP contribution in [-0.2, 0) is 6.54 Å². The van der Waals surface area contributed by atoms with Gasteiger partial charge in [0.05, 0.1) is 11.4 Å². The third-order valence-electron chi connectivity index (χ3n) is 3.16. The van der Waals surface area contributed by atoms with Crippen LogP contribution >= 0.6 is 11.3 Å². The van der Waals surface area contributed by atoms with Gasteiger partial charge in [-0.05, 0) is 18.7 Å². The Kier molecular flexibility index (Phi) is 4.38. The molecule has 3 aromatic rings. The third kappa shape index (κ3) is 3.17. The molecule has 0 aliphatic rings. The van der Waals surface area contributed by atoms with Crippen molar-refractivity contribution in [2.24, 2.45) is 0 Å². The highest BCUT2D eigenvalue weighted by Gasteiger charge is 2.14. The van der Waals surface area contributed by atoms with Crippen molar-refractivity contribution in [3.8, 4) is 22.0 Å². The minimum Gasteiger partial charge on any atom is -0.312 e. The van der Waals surface area contributed by atoms with Gasteiger partial charge in [0.2, 0.25) is 0 Å². The van der Waals surface area contributed by atoms with Gasteiger partial charge in [0.25, 0.3) is 0 Å². The molecule has 4 heteroatoms. The SMILES string of the molecule is CCNCc1sc(-c2ccccn2)nc1-c1ccccc1. The number of hydrogen-bond donors (Lipinski definition) is 1. The molecule has 0 atom stereocenters. The van der Waals surface area contributed by atoms with Gasteiger partial charge < -0.3 is 5.32 Å². The van der Waals surface area contributed by atoms with Crippen LogP contribution in [0.4, 0.5) is 0 Å². The molecule has 0 fully saturated rings. The first kappa shape index (κ1) is 13.9. The summed E-state index contributed by atoms with van der Waals surface area (Å²) in [6.45, 7) is 3.90. The van der Waals surface area contributed by atoms with Gasteiger partial charge in [0, 0.05) is 23.2 Å². The Labute approximate surface area is 128 Å². The zero-order valence-electron chi connectivity index (χ0n) is 11.9. The van der Waals surface area contributed by atoms with Crippen molar-refractivity contribution in [2.75, 3.05) is 6.54 Å². The molecule has 0 saturated heterocycles. The smallest absolute Gasteiger partial charge is 0.142 e. The van der Waals surface area contributed by atoms with E-state index in [1.807, 2.05) is 42.6 Å². The van der Waals surface area contributed by atoms with Crippen LogP contribution in [0, 0.1) is 0 Å². The standard InChI is InChI=1S/C17H17N3S/c1-2-18-12-15-16(13-8-4-3-5-9-13)20-17(21-15)14-10-6-7-11-19-14/h3-11,18H,2,12H2,1H3. The monoisotopic (exact) mass is 295 g/mol. The number of benzene rings is 1. The summed E-state index contributed by atoms with van der Waals surface area (Å²) in [5, 5.41) is 4.36. The molecule has 2 heterocycles. The summed E-state index contributed by atoms with van der Waals surface area (Å²) < 4.78 is 0. The third-order valence-corrected chi connectivity index (χ3v) is 4.24. The van der Waals surface area contributed by atoms with Crippen molar-refractivity contribution in [1.82, 2.24) is 15.3 Å². The van der Waals surface area contributed by atoms with Crippen molar-refractivity contribution in [1.29, 1.82) is 0 Å². The van der Waals surface area contributed by atoms with Crippen molar-refractivity contribution in [3.63, 3.8) is 0 Å². The minimum absolute atomic E-state index is 0.839. The van der Waals surface area contributed by atoms with Crippen LogP contribution in [0.5, 0.6) is 0 Å². The highest BCUT2D eigenvalue weighted by Crippen LogP contribution is 2.32. The lowest BCUT2D eigenvalue weighted by Gasteiger charge is -2.02. The van der Waals surface area contributed by atoms with Gasteiger partial charge in [-0.15, -0.1) is 11.3 Å². The van der Waals surface area contributed by atoms with E-state index in [-0.39, 0.29) is 0 Å². The molecule has 1 N–H and O–H groups in total. The zero-order valence-corrected chi connectivity index (χ0v) is 12.7. The highest BCUT2D eigenvalue weighted by atomic mass is 32.1. The molecule has 0 radical (unpaired) electrons. The van der Waals surface area contributed by atoms with E-state index >= 15 is 0 Å². The second-order valence-corrected chi connectivity index (χ2v) is 5.74. The Morgan fingerprint density at radius 1 is 1.05 bits per heavy atom. The number of hydrogen-bond acceptors (Lipinski definition) is 4. The molecule has 2 aromatic heterocycles. The largest absolute Gasteiger partial charge is 0.312 e. The molecule has 0 saturated carbocycles. The van der Waals surface area contributed by atoms with Crippen LogP contribution in [-0.4, -0.2) is 16.5 Å². The normalized spacial score (nSPS) is 10.7. The average molecular weight is 295 g/mol. The van der Waals surface area contributed by atoms with E-state index in [1.54, 1.807) is 11.3 Å². The maximum Gasteiger partial charge on any atom is 0.142 e. The Morgan fingerprint density at radius 2 is 1.86 bits per heavy atom. The van der Waals surface area contributed by atoms with E-state index in [0.717, 1.165) is 35.0 Å². The fraction of sp³-hybridized carbons (Fsp3) is 0.176. The quantitative estimate of drug-likeness (QED) is 0.773. The maximum absolute atomic E-state index is 4.82. The Bertz CT molecular complexity index is 693. The molecular weight excluding hydrogens is 278 g/mol. The number of thiazole rings is 1. The molecule has 3 nitrogen and oxygen atoms in total. The summed E-state index contributed by atoms with van der Waals surface area (Å²) in [5.41, 5.74) is 3.15. The molecule has 3 rings (SSSR count). The Morgan fingerprint density at radius 3 is 2.57 bits per heavy atom. The van der Waals surface area contributed by atoms with Gasteiger partial charge in [0.15, 0.2) is 0 Å². The van der Waals surface area contributed by atoms with Crippen LogP contribution in [0.15, 0.2) is 54.7 Å². The van der Waals surface area contributed by atoms with Gasteiger partial charge >= 0.3 is 0 Å². The Hall–Kier alpha value is -2.04. The van der Waals surface area contributed by atoms with Crippen LogP contribution in [0.2, 0.25) is 0 Å². The second-order valence-electron chi connectivity index (χ2n) is 4.65. The first-order chi connectivity index (χ1) is 10.4. The van der Waals surface area contributed by atoms with E-state index in [9.17, 15) is 0 Å². The van der Waals surface area contributed by atoms with Crippen molar-refractivity contribution >= 4 is 11.3 Å². The molecule has 0 bridgehead atoms. The van der Waals surface area contributed by atoms with E-state index in [1.165, 1.54) is 4.88 Å². The fourth-order valence-corrected chi connectivity index (χ4v) is 3.16. The summed E-state index contributed by atoms with van der Waals surface area (Å²) in [4.78, 5) is 10.5. The molecular formula is C17H17N3S. The second kappa shape index (κ2) is 6.61. The number of nitrogens with one attached hydrogen (secondary N) is 1. The molecule has 0 amide bonds. The lowest BCUT2D eigenvalue weighted by atomic mass is 10.1. The first-order valence-corrected chi connectivity index (χ1v) is 7.87. The Balaban J connectivity index is 2.03. The van der Waals surface area contributed by atoms with Gasteiger partial charge in [-0.2, -0.15) is 0 Å². The zero-order chi connectivity index (χ0) is 14.5. The van der Waals surface area contributed by atoms with Crippen LogP contribution in [0.1, 0.15) is 11.8 Å². The molecule has 0 unspecified atom stereocenters. The van der Waals surface area contributed by atoms with E-state index in [4.69, 9.17) is 4.98 Å². The lowest BCUT2D eigenvalue weighted by molar-refractivity contribution is 0.735. The molecule has 0 aliphatic carbocycles. The predicted molar refractivity (Wildman–Crippen MR) is 88.2 cm³/mol. The lowest BCUT2D eigenvalue weighted by Crippen LogP contribution is -2.11. The summed E-state index contributed by atoms with van der Waals surface area (Å²) in [6, 6.07) is 16.3. The van der Waals surface area contributed by atoms with Crippen LogP contribution in [0.3, 0.4) is 0 Å². The van der Waals surface area contributed by atoms with Crippen molar-refractivity contribution in [2.45, 2.75) is 13.5 Å². The minimum atomic E-state index is 0.839. The van der Waals surface area contributed by atoms with Gasteiger partial charge in [0.1, 0.15) is 5.01 Å². The maximum atomic E-state index is 4.82. The van der Waals surface area contributed by atoms with Gasteiger partial charge in [-0.3, -0.25) is 4.98 Å². The average Bonchev–Trinajstić information content (AvgIpc) is 2.99. The number of aromatic nitrogens is 2. The van der Waals surface area contributed by atoms with Crippen molar-refractivity contribution < 1.29 is 0 Å². The predicted octanol–water partition coefficient (Wildman–Crippen LogP) is 3.98. The van der Waals surface area contributed by atoms with Crippen LogP contribution in [0.25, 0.3) is 22.0 Å². The summed E-state index contributed by atoms with van der Waals surface area (Å²) in [6.07, 6.45) is 1.81. The molecule has 0 spiro atoms. The topological polar surface area (TPSA) is 37.8 Å². The summed E-state index contributed by atoms with van der Waals surface area (Å²) in [7, 11) is 0. The number of rotatable bonds is 5. The number of nitrogens with zero attached hydrogens (tertiary/aromatic N) is 2. The molecule has 1 aromatic carbocycles. The molecule has 0 aliphatic heterocycles.